The molecule has 3 aromatic carbocycles. The van der Waals surface area contributed by atoms with Crippen molar-refractivity contribution in [1.82, 2.24) is 4.90 Å². The molecule has 1 nitrogen and oxygen atoms in total. The zero-order valence-electron chi connectivity index (χ0n) is 18.5. The van der Waals surface area contributed by atoms with Crippen LogP contribution in [0.3, 0.4) is 0 Å². The second-order valence-corrected chi connectivity index (χ2v) is 8.80. The lowest BCUT2D eigenvalue weighted by molar-refractivity contribution is 0.334. The molecule has 0 aromatic heterocycles. The van der Waals surface area contributed by atoms with Gasteiger partial charge in [0.05, 0.1) is 0 Å². The van der Waals surface area contributed by atoms with Crippen molar-refractivity contribution in [2.24, 2.45) is 0 Å². The molecule has 0 saturated carbocycles. The molecule has 5 rings (SSSR count). The highest BCUT2D eigenvalue weighted by molar-refractivity contribution is 5.82. The number of nitrogens with zero attached hydrogens (tertiary/aromatic N) is 1. The quantitative estimate of drug-likeness (QED) is 0.389. The molecule has 0 heterocycles. The van der Waals surface area contributed by atoms with E-state index in [2.05, 4.69) is 96.8 Å². The fourth-order valence-corrected chi connectivity index (χ4v) is 5.00. The van der Waals surface area contributed by atoms with E-state index in [9.17, 15) is 0 Å². The minimum atomic E-state index is 0.973. The lowest BCUT2D eigenvalue weighted by Crippen LogP contribution is -2.23. The van der Waals surface area contributed by atoms with Crippen molar-refractivity contribution in [3.8, 4) is 11.1 Å². The number of hydrogen-bond acceptors (Lipinski definition) is 1. The maximum Gasteiger partial charge on any atom is 0.0426 e. The summed E-state index contributed by atoms with van der Waals surface area (Å²) in [5, 5.41) is 0. The van der Waals surface area contributed by atoms with E-state index in [0.717, 1.165) is 25.9 Å². The fourth-order valence-electron chi connectivity index (χ4n) is 5.00. The third-order valence-electron chi connectivity index (χ3n) is 6.60. The maximum absolute atomic E-state index is 2.56. The van der Waals surface area contributed by atoms with Gasteiger partial charge in [-0.3, -0.25) is 0 Å². The van der Waals surface area contributed by atoms with Crippen LogP contribution < -0.4 is 0 Å². The first-order valence-electron chi connectivity index (χ1n) is 11.7. The zero-order valence-corrected chi connectivity index (χ0v) is 18.5. The predicted molar refractivity (Wildman–Crippen MR) is 133 cm³/mol. The molecule has 2 aliphatic carbocycles. The molecule has 0 amide bonds. The van der Waals surface area contributed by atoms with Crippen LogP contribution in [0.2, 0.25) is 0 Å². The van der Waals surface area contributed by atoms with Crippen LogP contribution in [0, 0.1) is 0 Å². The number of fused-ring (bicyclic) bond motifs is 1. The van der Waals surface area contributed by atoms with Crippen molar-refractivity contribution < 1.29 is 0 Å². The van der Waals surface area contributed by atoms with Gasteiger partial charge in [0.2, 0.25) is 0 Å². The molecular weight excluding hydrogens is 374 g/mol. The van der Waals surface area contributed by atoms with Crippen molar-refractivity contribution >= 4 is 11.6 Å². The summed E-state index contributed by atoms with van der Waals surface area (Å²) in [5.74, 6) is 0. The highest BCUT2D eigenvalue weighted by Gasteiger charge is 2.18. The minimum absolute atomic E-state index is 0.973. The van der Waals surface area contributed by atoms with Crippen LogP contribution in [-0.4, -0.2) is 11.4 Å². The average molecular weight is 406 g/mol. The van der Waals surface area contributed by atoms with Crippen molar-refractivity contribution in [2.75, 3.05) is 6.54 Å². The molecule has 0 atom stereocenters. The molecule has 0 aliphatic heterocycles. The molecular formula is C30H31N. The lowest BCUT2D eigenvalue weighted by Gasteiger charge is -2.26. The molecule has 0 radical (unpaired) electrons. The fraction of sp³-hybridized carbons (Fsp3) is 0.267. The van der Waals surface area contributed by atoms with Gasteiger partial charge in [0.25, 0.3) is 0 Å². The van der Waals surface area contributed by atoms with Gasteiger partial charge in [-0.2, -0.15) is 0 Å². The Hall–Kier alpha value is -3.06. The van der Waals surface area contributed by atoms with Crippen LogP contribution in [0.15, 0.2) is 84.6 Å². The zero-order chi connectivity index (χ0) is 21.0. The molecule has 0 unspecified atom stereocenters. The summed E-state index contributed by atoms with van der Waals surface area (Å²) < 4.78 is 0. The molecule has 0 fully saturated rings. The highest BCUT2D eigenvalue weighted by Crippen LogP contribution is 2.35. The first-order chi connectivity index (χ1) is 15.3. The van der Waals surface area contributed by atoms with E-state index in [-0.39, 0.29) is 0 Å². The standard InChI is InChI=1S/C30H31N/c1-2-19-31(28-20-26-11-5-6-12-27(26)21-28)22-23-15-17-25(18-16-23)30-14-8-7-13-29(30)24-9-3-4-10-24/h5-9,11-18,20H,2-4,10,19,21-22H2,1H3. The van der Waals surface area contributed by atoms with Gasteiger partial charge in [0, 0.05) is 25.2 Å². The van der Waals surface area contributed by atoms with Crippen molar-refractivity contribution in [1.29, 1.82) is 0 Å². The van der Waals surface area contributed by atoms with Gasteiger partial charge in [0.15, 0.2) is 0 Å². The molecule has 0 bridgehead atoms. The molecule has 31 heavy (non-hydrogen) atoms. The second kappa shape index (κ2) is 8.98. The van der Waals surface area contributed by atoms with Crippen LogP contribution in [-0.2, 0) is 13.0 Å². The van der Waals surface area contributed by atoms with E-state index in [4.69, 9.17) is 0 Å². The molecule has 0 saturated heterocycles. The van der Waals surface area contributed by atoms with Crippen LogP contribution in [0.1, 0.15) is 54.9 Å². The first-order valence-corrected chi connectivity index (χ1v) is 11.7. The number of hydrogen-bond donors (Lipinski definition) is 0. The van der Waals surface area contributed by atoms with E-state index in [1.807, 2.05) is 0 Å². The Morgan fingerprint density at radius 2 is 1.61 bits per heavy atom. The summed E-state index contributed by atoms with van der Waals surface area (Å²) in [6.07, 6.45) is 10.7. The summed E-state index contributed by atoms with van der Waals surface area (Å²) in [6.45, 7) is 4.34. The summed E-state index contributed by atoms with van der Waals surface area (Å²) in [7, 11) is 0. The topological polar surface area (TPSA) is 3.24 Å². The predicted octanol–water partition coefficient (Wildman–Crippen LogP) is 7.73. The third kappa shape index (κ3) is 4.23. The van der Waals surface area contributed by atoms with Gasteiger partial charge >= 0.3 is 0 Å². The number of benzene rings is 3. The monoisotopic (exact) mass is 405 g/mol. The Labute approximate surface area is 186 Å². The second-order valence-electron chi connectivity index (χ2n) is 8.80. The minimum Gasteiger partial charge on any atom is -0.370 e. The van der Waals surface area contributed by atoms with E-state index < -0.39 is 0 Å². The molecule has 0 N–H and O–H groups in total. The normalized spacial score (nSPS) is 14.9. The SMILES string of the molecule is CCCN(Cc1ccc(-c2ccccc2C2=CCCC2)cc1)C1=Cc2ccccc2C1. The highest BCUT2D eigenvalue weighted by atomic mass is 15.1. The van der Waals surface area contributed by atoms with Crippen molar-refractivity contribution in [3.63, 3.8) is 0 Å². The summed E-state index contributed by atoms with van der Waals surface area (Å²) in [6, 6.07) is 26.9. The summed E-state index contributed by atoms with van der Waals surface area (Å²) in [4.78, 5) is 2.56. The van der Waals surface area contributed by atoms with Crippen LogP contribution >= 0.6 is 0 Å². The van der Waals surface area contributed by atoms with E-state index in [0.29, 0.717) is 0 Å². The van der Waals surface area contributed by atoms with Gasteiger partial charge in [-0.15, -0.1) is 0 Å². The summed E-state index contributed by atoms with van der Waals surface area (Å²) >= 11 is 0. The van der Waals surface area contributed by atoms with Gasteiger partial charge in [-0.25, -0.2) is 0 Å². The molecule has 3 aromatic rings. The Bertz CT molecular complexity index is 1120. The lowest BCUT2D eigenvalue weighted by atomic mass is 9.93. The Kier molecular flexibility index (Phi) is 5.76. The summed E-state index contributed by atoms with van der Waals surface area (Å²) in [5.41, 5.74) is 11.3. The molecule has 156 valence electrons. The van der Waals surface area contributed by atoms with Gasteiger partial charge in [-0.1, -0.05) is 85.8 Å². The largest absolute Gasteiger partial charge is 0.370 e. The molecule has 0 spiro atoms. The maximum atomic E-state index is 2.56. The van der Waals surface area contributed by atoms with Gasteiger partial charge in [-0.05, 0) is 70.7 Å². The average Bonchev–Trinajstić information content (AvgIpc) is 3.49. The molecule has 2 aliphatic rings. The van der Waals surface area contributed by atoms with E-state index in [1.165, 1.54) is 63.9 Å². The first kappa shape index (κ1) is 19.9. The van der Waals surface area contributed by atoms with E-state index >= 15 is 0 Å². The Morgan fingerprint density at radius 1 is 0.839 bits per heavy atom. The van der Waals surface area contributed by atoms with Crippen molar-refractivity contribution in [3.05, 3.63) is 107 Å². The van der Waals surface area contributed by atoms with Crippen LogP contribution in [0.4, 0.5) is 0 Å². The smallest absolute Gasteiger partial charge is 0.0426 e. The van der Waals surface area contributed by atoms with Crippen LogP contribution in [0.5, 0.6) is 0 Å². The third-order valence-corrected chi connectivity index (χ3v) is 6.60. The van der Waals surface area contributed by atoms with Crippen molar-refractivity contribution in [2.45, 2.75) is 45.6 Å². The number of rotatable bonds is 7. The van der Waals surface area contributed by atoms with E-state index in [1.54, 1.807) is 0 Å². The Morgan fingerprint density at radius 3 is 2.35 bits per heavy atom. The Balaban J connectivity index is 1.36. The molecule has 1 heteroatoms. The number of allylic oxidation sites excluding steroid dienone is 3. The van der Waals surface area contributed by atoms with Crippen LogP contribution in [0.25, 0.3) is 22.8 Å². The van der Waals surface area contributed by atoms with Gasteiger partial charge < -0.3 is 4.90 Å². The van der Waals surface area contributed by atoms with Gasteiger partial charge in [0.1, 0.15) is 0 Å².